The molecule has 0 saturated carbocycles. The van der Waals surface area contributed by atoms with Crippen LogP contribution in [0.1, 0.15) is 29.0 Å². The average molecular weight is 500 g/mol. The summed E-state index contributed by atoms with van der Waals surface area (Å²) in [5.74, 6) is -1.22. The van der Waals surface area contributed by atoms with E-state index in [1.807, 2.05) is 12.1 Å². The molecule has 1 aliphatic rings. The van der Waals surface area contributed by atoms with Gasteiger partial charge in [-0.25, -0.2) is 0 Å². The lowest BCUT2D eigenvalue weighted by molar-refractivity contribution is -0.147. The van der Waals surface area contributed by atoms with E-state index in [4.69, 9.17) is 13.9 Å². The van der Waals surface area contributed by atoms with Crippen molar-refractivity contribution in [3.63, 3.8) is 0 Å². The molecule has 3 aromatic carbocycles. The molecule has 0 aliphatic carbocycles. The molecule has 8 nitrogen and oxygen atoms in total. The molecular formula is C29H25NO7. The van der Waals surface area contributed by atoms with Crippen molar-refractivity contribution < 1.29 is 28.9 Å². The van der Waals surface area contributed by atoms with Crippen molar-refractivity contribution in [2.75, 3.05) is 5.32 Å². The molecule has 1 amide bonds. The molecule has 4 aromatic rings. The molecule has 5 rings (SSSR count). The van der Waals surface area contributed by atoms with E-state index in [-0.39, 0.29) is 42.3 Å². The predicted octanol–water partition coefficient (Wildman–Crippen LogP) is 4.56. The van der Waals surface area contributed by atoms with Crippen LogP contribution in [0.25, 0.3) is 11.0 Å². The molecule has 3 N–H and O–H groups in total. The normalized spacial score (nSPS) is 17.2. The maximum Gasteiger partial charge on any atom is 0.290 e. The fourth-order valence-corrected chi connectivity index (χ4v) is 4.18. The Labute approximate surface area is 212 Å². The molecule has 2 heterocycles. The molecular weight excluding hydrogens is 474 g/mol. The topological polar surface area (TPSA) is 118 Å². The molecule has 1 aromatic heterocycles. The predicted molar refractivity (Wildman–Crippen MR) is 137 cm³/mol. The first-order chi connectivity index (χ1) is 18.0. The third-order valence-corrected chi connectivity index (χ3v) is 6.18. The van der Waals surface area contributed by atoms with E-state index in [0.717, 1.165) is 11.1 Å². The van der Waals surface area contributed by atoms with Crippen molar-refractivity contribution in [2.24, 2.45) is 0 Å². The van der Waals surface area contributed by atoms with Gasteiger partial charge in [0.15, 0.2) is 11.2 Å². The van der Waals surface area contributed by atoms with Gasteiger partial charge >= 0.3 is 0 Å². The minimum Gasteiger partial charge on any atom is -0.506 e. The second kappa shape index (κ2) is 10.7. The van der Waals surface area contributed by atoms with Crippen LogP contribution in [0.2, 0.25) is 0 Å². The van der Waals surface area contributed by atoms with E-state index in [1.165, 1.54) is 12.3 Å². The number of hydrogen-bond acceptors (Lipinski definition) is 7. The van der Waals surface area contributed by atoms with Gasteiger partial charge in [-0.05, 0) is 41.5 Å². The number of amides is 1. The highest BCUT2D eigenvalue weighted by atomic mass is 16.7. The molecule has 188 valence electrons. The summed E-state index contributed by atoms with van der Waals surface area (Å²) in [6.45, 7) is 0.146. The van der Waals surface area contributed by atoms with Gasteiger partial charge in [-0.2, -0.15) is 0 Å². The summed E-state index contributed by atoms with van der Waals surface area (Å²) in [4.78, 5) is 26.3. The van der Waals surface area contributed by atoms with Crippen molar-refractivity contribution in [3.05, 3.63) is 118 Å². The minimum atomic E-state index is -0.830. The van der Waals surface area contributed by atoms with E-state index >= 15 is 0 Å². The molecule has 37 heavy (non-hydrogen) atoms. The Bertz CT molecular complexity index is 1510. The summed E-state index contributed by atoms with van der Waals surface area (Å²) in [6, 6.07) is 20.6. The Morgan fingerprint density at radius 2 is 1.73 bits per heavy atom. The number of aromatic hydroxyl groups is 1. The Morgan fingerprint density at radius 3 is 2.51 bits per heavy atom. The number of nitrogens with one attached hydrogen (secondary N) is 1. The van der Waals surface area contributed by atoms with E-state index < -0.39 is 18.1 Å². The highest BCUT2D eigenvalue weighted by Crippen LogP contribution is 2.32. The van der Waals surface area contributed by atoms with Crippen molar-refractivity contribution in [1.29, 1.82) is 0 Å². The first kappa shape index (κ1) is 24.3. The number of anilines is 1. The molecule has 2 atom stereocenters. The Kier molecular flexibility index (Phi) is 7.02. The molecule has 0 fully saturated rings. The molecule has 0 radical (unpaired) electrons. The molecule has 0 saturated heterocycles. The quantitative estimate of drug-likeness (QED) is 0.319. The number of fused-ring (bicyclic) bond motifs is 1. The van der Waals surface area contributed by atoms with Crippen LogP contribution in [0.15, 0.2) is 100 Å². The standard InChI is InChI=1S/C29H25NO7/c31-15-18-9-11-19(12-10-18)16-36-27-14-20(22-17-35-25-8-4-1-5-21(25)28(22)33)13-26(37-27)29(34)30-23-6-2-3-7-24(23)32/h1-13,17,20,27,31-32H,14-16H2,(H,30,34)/t20-,27+/m0/s1. The number of ether oxygens (including phenoxy) is 2. The number of carbonyl (C=O) groups excluding carboxylic acids is 1. The zero-order chi connectivity index (χ0) is 25.8. The number of allylic oxidation sites excluding steroid dienone is 1. The number of aliphatic hydroxyl groups excluding tert-OH is 1. The SMILES string of the molecule is O=C(Nc1ccccc1O)C1=C[C@H](c2coc3ccccc3c2=O)C[C@H](OCc2ccc(CO)cc2)O1. The highest BCUT2D eigenvalue weighted by molar-refractivity contribution is 6.03. The number of benzene rings is 3. The maximum atomic E-state index is 13.3. The van der Waals surface area contributed by atoms with Gasteiger partial charge in [0.2, 0.25) is 6.29 Å². The lowest BCUT2D eigenvalue weighted by Crippen LogP contribution is -2.30. The van der Waals surface area contributed by atoms with Crippen molar-refractivity contribution in [3.8, 4) is 5.75 Å². The van der Waals surface area contributed by atoms with E-state index in [1.54, 1.807) is 60.7 Å². The fraction of sp³-hybridized carbons (Fsp3) is 0.172. The third kappa shape index (κ3) is 5.40. The molecule has 8 heteroatoms. The van der Waals surface area contributed by atoms with Gasteiger partial charge in [0, 0.05) is 17.9 Å². The molecule has 1 aliphatic heterocycles. The Morgan fingerprint density at radius 1 is 1.00 bits per heavy atom. The van der Waals surface area contributed by atoms with Crippen LogP contribution in [-0.2, 0) is 27.5 Å². The summed E-state index contributed by atoms with van der Waals surface area (Å²) >= 11 is 0. The van der Waals surface area contributed by atoms with Crippen LogP contribution in [0.3, 0.4) is 0 Å². The molecule has 0 bridgehead atoms. The second-order valence-corrected chi connectivity index (χ2v) is 8.69. The van der Waals surface area contributed by atoms with Crippen molar-refractivity contribution in [2.45, 2.75) is 31.8 Å². The van der Waals surface area contributed by atoms with Crippen LogP contribution < -0.4 is 10.7 Å². The number of phenols is 1. The number of para-hydroxylation sites is 3. The first-order valence-corrected chi connectivity index (χ1v) is 11.8. The summed E-state index contributed by atoms with van der Waals surface area (Å²) < 4.78 is 17.6. The minimum absolute atomic E-state index is 0.0345. The van der Waals surface area contributed by atoms with Crippen molar-refractivity contribution in [1.82, 2.24) is 0 Å². The maximum absolute atomic E-state index is 13.3. The largest absolute Gasteiger partial charge is 0.506 e. The van der Waals surface area contributed by atoms with E-state index in [9.17, 15) is 19.8 Å². The summed E-state index contributed by atoms with van der Waals surface area (Å²) in [6.07, 6.45) is 2.45. The van der Waals surface area contributed by atoms with Gasteiger partial charge in [-0.1, -0.05) is 48.5 Å². The molecule has 0 spiro atoms. The van der Waals surface area contributed by atoms with Gasteiger partial charge in [-0.15, -0.1) is 0 Å². The number of carbonyl (C=O) groups is 1. The lowest BCUT2D eigenvalue weighted by atomic mass is 9.93. The van der Waals surface area contributed by atoms with E-state index in [0.29, 0.717) is 16.5 Å². The second-order valence-electron chi connectivity index (χ2n) is 8.69. The average Bonchev–Trinajstić information content (AvgIpc) is 2.93. The summed E-state index contributed by atoms with van der Waals surface area (Å²) in [5.41, 5.74) is 2.54. The zero-order valence-electron chi connectivity index (χ0n) is 19.8. The number of rotatable bonds is 7. The highest BCUT2D eigenvalue weighted by Gasteiger charge is 2.31. The Balaban J connectivity index is 1.43. The molecule has 0 unspecified atom stereocenters. The summed E-state index contributed by atoms with van der Waals surface area (Å²) in [7, 11) is 0. The van der Waals surface area contributed by atoms with Gasteiger partial charge in [-0.3, -0.25) is 9.59 Å². The lowest BCUT2D eigenvalue weighted by Gasteiger charge is -2.29. The third-order valence-electron chi connectivity index (χ3n) is 6.18. The summed E-state index contributed by atoms with van der Waals surface area (Å²) in [5, 5.41) is 22.4. The van der Waals surface area contributed by atoms with Crippen LogP contribution in [0.4, 0.5) is 5.69 Å². The van der Waals surface area contributed by atoms with Crippen LogP contribution in [0.5, 0.6) is 5.75 Å². The van der Waals surface area contributed by atoms with E-state index in [2.05, 4.69) is 5.32 Å². The van der Waals surface area contributed by atoms with Gasteiger partial charge in [0.1, 0.15) is 11.3 Å². The van der Waals surface area contributed by atoms with Crippen LogP contribution in [0, 0.1) is 0 Å². The fourth-order valence-electron chi connectivity index (χ4n) is 4.18. The monoisotopic (exact) mass is 499 g/mol. The van der Waals surface area contributed by atoms with Gasteiger partial charge in [0.25, 0.3) is 5.91 Å². The van der Waals surface area contributed by atoms with Crippen LogP contribution >= 0.6 is 0 Å². The smallest absolute Gasteiger partial charge is 0.290 e. The zero-order valence-corrected chi connectivity index (χ0v) is 19.8. The van der Waals surface area contributed by atoms with Crippen LogP contribution in [-0.4, -0.2) is 22.4 Å². The number of phenolic OH excluding ortho intramolecular Hbond substituents is 1. The van der Waals surface area contributed by atoms with Gasteiger partial charge in [0.05, 0.1) is 30.6 Å². The first-order valence-electron chi connectivity index (χ1n) is 11.8. The van der Waals surface area contributed by atoms with Crippen molar-refractivity contribution >= 4 is 22.6 Å². The van der Waals surface area contributed by atoms with Gasteiger partial charge < -0.3 is 29.4 Å². The number of aliphatic hydroxyl groups is 1. The Hall–Kier alpha value is -4.40. The number of hydrogen-bond donors (Lipinski definition) is 3.